The molecular weight excluding hydrogens is 435 g/mol. The van der Waals surface area contributed by atoms with Crippen LogP contribution in [-0.4, -0.2) is 29.9 Å². The standard InChI is InChI=1S/C27H29FN2O4/c1-33-23-10-5-7-20(17-23)25(26(31)29-22-8-3-2-4-9-22)30(27(32)24-11-6-16-34-24)18-19-12-14-21(28)15-13-19/h5-7,10-17,22,25H,2-4,8-9,18H2,1H3,(H,29,31). The van der Waals surface area contributed by atoms with E-state index in [4.69, 9.17) is 9.15 Å². The lowest BCUT2D eigenvalue weighted by Gasteiger charge is -2.33. The van der Waals surface area contributed by atoms with Crippen LogP contribution in [0, 0.1) is 5.82 Å². The first-order chi connectivity index (χ1) is 16.5. The summed E-state index contributed by atoms with van der Waals surface area (Å²) in [6, 6.07) is 15.4. The summed E-state index contributed by atoms with van der Waals surface area (Å²) in [5, 5.41) is 3.17. The molecule has 0 spiro atoms. The lowest BCUT2D eigenvalue weighted by Crippen LogP contribution is -2.46. The number of rotatable bonds is 8. The number of carbonyl (C=O) groups excluding carboxylic acids is 2. The van der Waals surface area contributed by atoms with E-state index in [0.717, 1.165) is 25.7 Å². The van der Waals surface area contributed by atoms with Crippen LogP contribution in [0.1, 0.15) is 59.8 Å². The number of hydrogen-bond donors (Lipinski definition) is 1. The van der Waals surface area contributed by atoms with E-state index < -0.39 is 11.9 Å². The second-order valence-corrected chi connectivity index (χ2v) is 8.56. The summed E-state index contributed by atoms with van der Waals surface area (Å²) < 4.78 is 24.3. The first-order valence-electron chi connectivity index (χ1n) is 11.6. The van der Waals surface area contributed by atoms with Crippen LogP contribution in [0.15, 0.2) is 71.3 Å². The Morgan fingerprint density at radius 1 is 1.09 bits per heavy atom. The highest BCUT2D eigenvalue weighted by molar-refractivity contribution is 5.96. The molecule has 0 aliphatic heterocycles. The number of methoxy groups -OCH3 is 1. The summed E-state index contributed by atoms with van der Waals surface area (Å²) >= 11 is 0. The number of hydrogen-bond acceptors (Lipinski definition) is 4. The first kappa shape index (κ1) is 23.5. The summed E-state index contributed by atoms with van der Waals surface area (Å²) in [5.41, 5.74) is 1.31. The van der Waals surface area contributed by atoms with Crippen molar-refractivity contribution >= 4 is 11.8 Å². The molecule has 1 N–H and O–H groups in total. The third-order valence-electron chi connectivity index (χ3n) is 6.18. The van der Waals surface area contributed by atoms with Gasteiger partial charge in [-0.05, 0) is 60.4 Å². The van der Waals surface area contributed by atoms with Crippen molar-refractivity contribution in [1.82, 2.24) is 10.2 Å². The summed E-state index contributed by atoms with van der Waals surface area (Å²) in [7, 11) is 1.56. The fourth-order valence-electron chi connectivity index (χ4n) is 4.42. The SMILES string of the molecule is COc1cccc(C(C(=O)NC2CCCCC2)N(Cc2ccc(F)cc2)C(=O)c2ccco2)c1. The molecule has 1 aromatic heterocycles. The highest BCUT2D eigenvalue weighted by Crippen LogP contribution is 2.29. The Morgan fingerprint density at radius 2 is 1.85 bits per heavy atom. The van der Waals surface area contributed by atoms with E-state index in [0.29, 0.717) is 16.9 Å². The molecule has 0 saturated heterocycles. The molecule has 6 nitrogen and oxygen atoms in total. The van der Waals surface area contributed by atoms with Gasteiger partial charge in [0.15, 0.2) is 5.76 Å². The number of carbonyl (C=O) groups is 2. The second-order valence-electron chi connectivity index (χ2n) is 8.56. The number of furan rings is 1. The van der Waals surface area contributed by atoms with Crippen LogP contribution in [-0.2, 0) is 11.3 Å². The highest BCUT2D eigenvalue weighted by atomic mass is 19.1. The number of nitrogens with one attached hydrogen (secondary N) is 1. The van der Waals surface area contributed by atoms with Gasteiger partial charge in [-0.3, -0.25) is 9.59 Å². The Kier molecular flexibility index (Phi) is 7.62. The molecule has 7 heteroatoms. The molecule has 3 aromatic rings. The number of amides is 2. The molecule has 0 bridgehead atoms. The van der Waals surface area contributed by atoms with Crippen LogP contribution in [0.2, 0.25) is 0 Å². The van der Waals surface area contributed by atoms with E-state index in [1.165, 1.54) is 29.7 Å². The maximum Gasteiger partial charge on any atom is 0.290 e. The zero-order chi connectivity index (χ0) is 23.9. The monoisotopic (exact) mass is 464 g/mol. The van der Waals surface area contributed by atoms with Gasteiger partial charge in [-0.1, -0.05) is 43.5 Å². The molecule has 2 aromatic carbocycles. The topological polar surface area (TPSA) is 71.8 Å². The molecule has 2 amide bonds. The van der Waals surface area contributed by atoms with Crippen LogP contribution in [0.25, 0.3) is 0 Å². The van der Waals surface area contributed by atoms with Gasteiger partial charge in [-0.25, -0.2) is 4.39 Å². The van der Waals surface area contributed by atoms with Gasteiger partial charge in [0.1, 0.15) is 17.6 Å². The maximum atomic E-state index is 13.7. The minimum atomic E-state index is -0.931. The van der Waals surface area contributed by atoms with Gasteiger partial charge in [0.25, 0.3) is 5.91 Å². The molecule has 34 heavy (non-hydrogen) atoms. The van der Waals surface area contributed by atoms with Crippen molar-refractivity contribution in [2.24, 2.45) is 0 Å². The molecule has 1 atom stereocenters. The summed E-state index contributed by atoms with van der Waals surface area (Å²) in [4.78, 5) is 28.8. The van der Waals surface area contributed by atoms with Gasteiger partial charge in [-0.2, -0.15) is 0 Å². The minimum absolute atomic E-state index is 0.0701. The first-order valence-corrected chi connectivity index (χ1v) is 11.6. The third kappa shape index (κ3) is 5.65. The van der Waals surface area contributed by atoms with Gasteiger partial charge in [0, 0.05) is 12.6 Å². The van der Waals surface area contributed by atoms with Gasteiger partial charge in [0.05, 0.1) is 13.4 Å². The summed E-state index contributed by atoms with van der Waals surface area (Å²) in [6.45, 7) is 0.0970. The quantitative estimate of drug-likeness (QED) is 0.494. The normalized spacial score (nSPS) is 14.9. The van der Waals surface area contributed by atoms with Crippen LogP contribution in [0.3, 0.4) is 0 Å². The van der Waals surface area contributed by atoms with Crippen molar-refractivity contribution < 1.29 is 23.1 Å². The number of nitrogens with zero attached hydrogens (tertiary/aromatic N) is 1. The average molecular weight is 465 g/mol. The maximum absolute atomic E-state index is 13.7. The Labute approximate surface area is 198 Å². The van der Waals surface area contributed by atoms with E-state index in [2.05, 4.69) is 5.32 Å². The largest absolute Gasteiger partial charge is 0.497 e. The van der Waals surface area contributed by atoms with Gasteiger partial charge < -0.3 is 19.4 Å². The Morgan fingerprint density at radius 3 is 2.53 bits per heavy atom. The molecular formula is C27H29FN2O4. The minimum Gasteiger partial charge on any atom is -0.497 e. The molecule has 0 radical (unpaired) electrons. The zero-order valence-corrected chi connectivity index (χ0v) is 19.2. The van der Waals surface area contributed by atoms with Crippen molar-refractivity contribution in [2.75, 3.05) is 7.11 Å². The average Bonchev–Trinajstić information content (AvgIpc) is 3.40. The predicted octanol–water partition coefficient (Wildman–Crippen LogP) is 5.26. The zero-order valence-electron chi connectivity index (χ0n) is 19.2. The van der Waals surface area contributed by atoms with Gasteiger partial charge in [0.2, 0.25) is 5.91 Å². The smallest absolute Gasteiger partial charge is 0.290 e. The Balaban J connectivity index is 1.74. The van der Waals surface area contributed by atoms with Crippen LogP contribution in [0.4, 0.5) is 4.39 Å². The van der Waals surface area contributed by atoms with E-state index in [9.17, 15) is 14.0 Å². The molecule has 1 saturated carbocycles. The molecule has 1 aliphatic carbocycles. The Bertz CT molecular complexity index is 1090. The fourth-order valence-corrected chi connectivity index (χ4v) is 4.42. The number of halogens is 1. The lowest BCUT2D eigenvalue weighted by atomic mass is 9.94. The van der Waals surface area contributed by atoms with E-state index in [-0.39, 0.29) is 30.1 Å². The third-order valence-corrected chi connectivity index (χ3v) is 6.18. The van der Waals surface area contributed by atoms with Crippen LogP contribution >= 0.6 is 0 Å². The van der Waals surface area contributed by atoms with Gasteiger partial charge >= 0.3 is 0 Å². The summed E-state index contributed by atoms with van der Waals surface area (Å²) in [5.74, 6) is -0.351. The molecule has 178 valence electrons. The van der Waals surface area contributed by atoms with E-state index in [1.807, 2.05) is 0 Å². The van der Waals surface area contributed by atoms with Crippen LogP contribution in [0.5, 0.6) is 5.75 Å². The van der Waals surface area contributed by atoms with Crippen LogP contribution < -0.4 is 10.1 Å². The van der Waals surface area contributed by atoms with E-state index >= 15 is 0 Å². The molecule has 1 unspecified atom stereocenters. The number of ether oxygens (including phenoxy) is 1. The van der Waals surface area contributed by atoms with Crippen molar-refractivity contribution in [3.63, 3.8) is 0 Å². The van der Waals surface area contributed by atoms with Crippen molar-refractivity contribution in [3.05, 3.63) is 89.6 Å². The lowest BCUT2D eigenvalue weighted by molar-refractivity contribution is -0.127. The van der Waals surface area contributed by atoms with E-state index in [1.54, 1.807) is 55.6 Å². The second kappa shape index (κ2) is 11.0. The molecule has 1 fully saturated rings. The van der Waals surface area contributed by atoms with Crippen molar-refractivity contribution in [1.29, 1.82) is 0 Å². The summed E-state index contributed by atoms with van der Waals surface area (Å²) in [6.07, 6.45) is 6.56. The fraction of sp³-hybridized carbons (Fsp3) is 0.333. The highest BCUT2D eigenvalue weighted by Gasteiger charge is 2.34. The predicted molar refractivity (Wildman–Crippen MR) is 126 cm³/mol. The Hall–Kier alpha value is -3.61. The number of benzene rings is 2. The molecule has 1 aliphatic rings. The van der Waals surface area contributed by atoms with Gasteiger partial charge in [-0.15, -0.1) is 0 Å². The molecule has 4 rings (SSSR count). The van der Waals surface area contributed by atoms with Crippen molar-refractivity contribution in [2.45, 2.75) is 50.7 Å². The van der Waals surface area contributed by atoms with Crippen molar-refractivity contribution in [3.8, 4) is 5.75 Å². The molecule has 1 heterocycles.